The molecule has 10 heteroatoms. The third kappa shape index (κ3) is 6.38. The summed E-state index contributed by atoms with van der Waals surface area (Å²) in [6, 6.07) is 23.1. The highest BCUT2D eigenvalue weighted by Crippen LogP contribution is 2.45. The van der Waals surface area contributed by atoms with E-state index >= 15 is 0 Å². The van der Waals surface area contributed by atoms with Gasteiger partial charge >= 0.3 is 19.9 Å². The summed E-state index contributed by atoms with van der Waals surface area (Å²) in [4.78, 5) is 33.8. The van der Waals surface area contributed by atoms with Crippen LogP contribution in [0, 0.1) is 0 Å². The van der Waals surface area contributed by atoms with E-state index in [1.165, 1.54) is 0 Å². The Morgan fingerprint density at radius 2 is 1.47 bits per heavy atom. The van der Waals surface area contributed by atoms with Crippen LogP contribution in [0.15, 0.2) is 78.9 Å². The van der Waals surface area contributed by atoms with Gasteiger partial charge in [0.05, 0.1) is 13.2 Å². The SMILES string of the molecule is O=C(N[C@@H](CCOP(=O)(O)OCc1ccccc1)C(=O)O)OCC1c2ccccc2-c2ccccc21. The molecule has 0 aliphatic heterocycles. The second-order valence-electron chi connectivity index (χ2n) is 8.21. The summed E-state index contributed by atoms with van der Waals surface area (Å²) in [5.41, 5.74) is 4.89. The van der Waals surface area contributed by atoms with Gasteiger partial charge in [0.15, 0.2) is 0 Å². The van der Waals surface area contributed by atoms with E-state index in [0.717, 1.165) is 22.3 Å². The van der Waals surface area contributed by atoms with Crippen molar-refractivity contribution < 1.29 is 37.9 Å². The molecule has 9 nitrogen and oxygen atoms in total. The number of hydrogen-bond acceptors (Lipinski definition) is 6. The Bertz CT molecular complexity index is 1220. The lowest BCUT2D eigenvalue weighted by Gasteiger charge is -2.18. The summed E-state index contributed by atoms with van der Waals surface area (Å²) >= 11 is 0. The standard InChI is InChI=1S/C26H26NO8P/c28-25(29)24(14-15-34-36(31,32)35-16-18-8-2-1-3-9-18)27-26(30)33-17-23-21-12-6-4-10-19(21)20-11-5-7-13-22(20)23/h1-13,23-24H,14-17H2,(H,27,30)(H,28,29)(H,31,32)/t24-/m0/s1. The van der Waals surface area contributed by atoms with Crippen molar-refractivity contribution in [3.05, 3.63) is 95.6 Å². The van der Waals surface area contributed by atoms with Gasteiger partial charge in [0, 0.05) is 12.3 Å². The van der Waals surface area contributed by atoms with Crippen molar-refractivity contribution in [1.29, 1.82) is 0 Å². The van der Waals surface area contributed by atoms with E-state index in [2.05, 4.69) is 5.32 Å². The number of ether oxygens (including phenoxy) is 1. The van der Waals surface area contributed by atoms with Crippen molar-refractivity contribution in [2.75, 3.05) is 13.2 Å². The molecule has 36 heavy (non-hydrogen) atoms. The van der Waals surface area contributed by atoms with Gasteiger partial charge in [-0.25, -0.2) is 14.2 Å². The summed E-state index contributed by atoms with van der Waals surface area (Å²) < 4.78 is 27.2. The van der Waals surface area contributed by atoms with Crippen LogP contribution in [0.4, 0.5) is 4.79 Å². The molecular formula is C26H26NO8P. The summed E-state index contributed by atoms with van der Waals surface area (Å²) in [6.45, 7) is -0.542. The Morgan fingerprint density at radius 3 is 2.08 bits per heavy atom. The summed E-state index contributed by atoms with van der Waals surface area (Å²) in [7, 11) is -4.40. The number of carboxylic acid groups (broad SMARTS) is 1. The van der Waals surface area contributed by atoms with Crippen molar-refractivity contribution in [2.24, 2.45) is 0 Å². The second kappa shape index (κ2) is 11.5. The first-order valence-electron chi connectivity index (χ1n) is 11.3. The molecule has 3 N–H and O–H groups in total. The molecule has 0 radical (unpaired) electrons. The smallest absolute Gasteiger partial charge is 0.472 e. The number of aliphatic carboxylic acids is 1. The summed E-state index contributed by atoms with van der Waals surface area (Å²) in [5, 5.41) is 11.7. The molecule has 3 aromatic carbocycles. The molecule has 0 bridgehead atoms. The molecular weight excluding hydrogens is 485 g/mol. The van der Waals surface area contributed by atoms with Gasteiger partial charge in [-0.15, -0.1) is 0 Å². The fraction of sp³-hybridized carbons (Fsp3) is 0.231. The number of carbonyl (C=O) groups excluding carboxylic acids is 1. The number of hydrogen-bond donors (Lipinski definition) is 3. The Labute approximate surface area is 208 Å². The third-order valence-electron chi connectivity index (χ3n) is 5.83. The van der Waals surface area contributed by atoms with Crippen LogP contribution < -0.4 is 5.32 Å². The van der Waals surface area contributed by atoms with E-state index in [0.29, 0.717) is 5.56 Å². The molecule has 1 unspecified atom stereocenters. The zero-order valence-electron chi connectivity index (χ0n) is 19.3. The van der Waals surface area contributed by atoms with Gasteiger partial charge in [-0.2, -0.15) is 0 Å². The zero-order valence-corrected chi connectivity index (χ0v) is 20.2. The first-order chi connectivity index (χ1) is 17.3. The molecule has 0 fully saturated rings. The van der Waals surface area contributed by atoms with E-state index in [9.17, 15) is 24.2 Å². The van der Waals surface area contributed by atoms with Crippen molar-refractivity contribution >= 4 is 19.9 Å². The number of nitrogens with one attached hydrogen (secondary N) is 1. The molecule has 0 aromatic heterocycles. The third-order valence-corrected chi connectivity index (χ3v) is 6.80. The molecule has 1 aliphatic carbocycles. The second-order valence-corrected chi connectivity index (χ2v) is 9.66. The van der Waals surface area contributed by atoms with Crippen LogP contribution in [0.5, 0.6) is 0 Å². The zero-order chi connectivity index (χ0) is 25.5. The molecule has 2 atom stereocenters. The molecule has 4 rings (SSSR count). The normalized spacial score (nSPS) is 14.8. The number of carbonyl (C=O) groups is 2. The molecule has 0 saturated carbocycles. The first kappa shape index (κ1) is 25.6. The van der Waals surface area contributed by atoms with Crippen LogP contribution in [-0.4, -0.2) is 41.3 Å². The minimum atomic E-state index is -4.40. The van der Waals surface area contributed by atoms with Gasteiger partial charge in [0.1, 0.15) is 12.6 Å². The topological polar surface area (TPSA) is 131 Å². The van der Waals surface area contributed by atoms with Gasteiger partial charge in [0.25, 0.3) is 0 Å². The lowest BCUT2D eigenvalue weighted by molar-refractivity contribution is -0.139. The van der Waals surface area contributed by atoms with Crippen molar-refractivity contribution in [2.45, 2.75) is 25.0 Å². The van der Waals surface area contributed by atoms with E-state index in [4.69, 9.17) is 13.8 Å². The Kier molecular flexibility index (Phi) is 8.18. The van der Waals surface area contributed by atoms with Gasteiger partial charge < -0.3 is 20.1 Å². The average molecular weight is 511 g/mol. The molecule has 3 aromatic rings. The highest BCUT2D eigenvalue weighted by atomic mass is 31.2. The monoisotopic (exact) mass is 511 g/mol. The van der Waals surface area contributed by atoms with Crippen LogP contribution in [0.3, 0.4) is 0 Å². The molecule has 0 heterocycles. The Hall–Kier alpha value is -3.49. The van der Waals surface area contributed by atoms with Gasteiger partial charge in [0.2, 0.25) is 0 Å². The number of alkyl carbamates (subject to hydrolysis) is 1. The van der Waals surface area contributed by atoms with Crippen LogP contribution >= 0.6 is 7.82 Å². The minimum absolute atomic E-state index is 0.0296. The highest BCUT2D eigenvalue weighted by Gasteiger charge is 2.30. The number of rotatable bonds is 11. The quantitative estimate of drug-likeness (QED) is 0.316. The first-order valence-corrected chi connectivity index (χ1v) is 12.8. The maximum absolute atomic E-state index is 12.4. The number of amides is 1. The predicted octanol–water partition coefficient (Wildman–Crippen LogP) is 4.70. The summed E-state index contributed by atoms with van der Waals surface area (Å²) in [6.07, 6.45) is -1.17. The fourth-order valence-electron chi connectivity index (χ4n) is 4.09. The molecule has 1 aliphatic rings. The van der Waals surface area contributed by atoms with Crippen LogP contribution in [0.2, 0.25) is 0 Å². The lowest BCUT2D eigenvalue weighted by atomic mass is 9.98. The van der Waals surface area contributed by atoms with Crippen molar-refractivity contribution in [1.82, 2.24) is 5.32 Å². The Morgan fingerprint density at radius 1 is 0.889 bits per heavy atom. The lowest BCUT2D eigenvalue weighted by Crippen LogP contribution is -2.42. The minimum Gasteiger partial charge on any atom is -0.480 e. The van der Waals surface area contributed by atoms with E-state index < -0.39 is 32.5 Å². The van der Waals surface area contributed by atoms with Gasteiger partial charge in [-0.1, -0.05) is 78.9 Å². The van der Waals surface area contributed by atoms with Crippen molar-refractivity contribution in [3.8, 4) is 11.1 Å². The van der Waals surface area contributed by atoms with Crippen molar-refractivity contribution in [3.63, 3.8) is 0 Å². The fourth-order valence-corrected chi connectivity index (χ4v) is 4.82. The highest BCUT2D eigenvalue weighted by molar-refractivity contribution is 7.47. The molecule has 188 valence electrons. The van der Waals surface area contributed by atoms with Gasteiger partial charge in [-0.3, -0.25) is 9.05 Å². The Balaban J connectivity index is 1.27. The van der Waals surface area contributed by atoms with Crippen LogP contribution in [0.25, 0.3) is 11.1 Å². The molecule has 0 spiro atoms. The number of phosphoric ester groups is 1. The van der Waals surface area contributed by atoms with E-state index in [1.54, 1.807) is 30.3 Å². The summed E-state index contributed by atoms with van der Waals surface area (Å²) in [5.74, 6) is -1.50. The van der Waals surface area contributed by atoms with Gasteiger partial charge in [-0.05, 0) is 27.8 Å². The molecule has 1 amide bonds. The number of benzene rings is 3. The number of carboxylic acids is 1. The molecule has 0 saturated heterocycles. The van der Waals surface area contributed by atoms with Crippen LogP contribution in [-0.2, 0) is 29.8 Å². The average Bonchev–Trinajstić information content (AvgIpc) is 3.20. The maximum Gasteiger partial charge on any atom is 0.472 e. The largest absolute Gasteiger partial charge is 0.480 e. The number of phosphoric acid groups is 1. The number of fused-ring (bicyclic) bond motifs is 3. The predicted molar refractivity (Wildman–Crippen MR) is 131 cm³/mol. The van der Waals surface area contributed by atoms with E-state index in [1.807, 2.05) is 48.5 Å². The van der Waals surface area contributed by atoms with E-state index in [-0.39, 0.29) is 25.6 Å². The maximum atomic E-state index is 12.4. The van der Waals surface area contributed by atoms with Crippen LogP contribution in [0.1, 0.15) is 29.0 Å².